The second-order valence-corrected chi connectivity index (χ2v) is 6.26. The van der Waals surface area contributed by atoms with E-state index in [0.717, 1.165) is 24.5 Å². The van der Waals surface area contributed by atoms with E-state index in [9.17, 15) is 9.18 Å². The van der Waals surface area contributed by atoms with Gasteiger partial charge in [-0.1, -0.05) is 12.1 Å². The Morgan fingerprint density at radius 1 is 1.27 bits per heavy atom. The van der Waals surface area contributed by atoms with Crippen LogP contribution in [0.1, 0.15) is 6.92 Å². The lowest BCUT2D eigenvalue weighted by molar-refractivity contribution is -0.133. The van der Waals surface area contributed by atoms with Gasteiger partial charge in [0.05, 0.1) is 18.8 Å². The van der Waals surface area contributed by atoms with E-state index < -0.39 is 0 Å². The predicted molar refractivity (Wildman–Crippen MR) is 98.3 cm³/mol. The molecular formula is C20H23FN2O3. The van der Waals surface area contributed by atoms with Gasteiger partial charge in [0.25, 0.3) is 5.91 Å². The van der Waals surface area contributed by atoms with Gasteiger partial charge < -0.3 is 19.3 Å². The van der Waals surface area contributed by atoms with Gasteiger partial charge in [-0.3, -0.25) is 4.79 Å². The number of anilines is 1. The van der Waals surface area contributed by atoms with E-state index >= 15 is 0 Å². The summed E-state index contributed by atoms with van der Waals surface area (Å²) in [6, 6.07) is 13.5. The quantitative estimate of drug-likeness (QED) is 0.796. The van der Waals surface area contributed by atoms with Crippen molar-refractivity contribution in [2.45, 2.75) is 13.0 Å². The van der Waals surface area contributed by atoms with Crippen molar-refractivity contribution in [3.8, 4) is 11.5 Å². The molecule has 5 nitrogen and oxygen atoms in total. The molecule has 0 saturated carbocycles. The first-order valence-corrected chi connectivity index (χ1v) is 8.69. The van der Waals surface area contributed by atoms with Crippen molar-refractivity contribution in [2.24, 2.45) is 0 Å². The Morgan fingerprint density at radius 3 is 2.73 bits per heavy atom. The number of amides is 1. The van der Waals surface area contributed by atoms with E-state index in [4.69, 9.17) is 9.47 Å². The maximum Gasteiger partial charge on any atom is 0.260 e. The molecule has 0 spiro atoms. The number of benzene rings is 2. The monoisotopic (exact) mass is 358 g/mol. The molecule has 0 unspecified atom stereocenters. The summed E-state index contributed by atoms with van der Waals surface area (Å²) in [7, 11) is 1.73. The van der Waals surface area contributed by atoms with Crippen LogP contribution in [0.25, 0.3) is 0 Å². The zero-order chi connectivity index (χ0) is 18.5. The van der Waals surface area contributed by atoms with Crippen LogP contribution in [0.3, 0.4) is 0 Å². The van der Waals surface area contributed by atoms with E-state index in [2.05, 4.69) is 11.8 Å². The summed E-state index contributed by atoms with van der Waals surface area (Å²) in [5, 5.41) is 0. The number of rotatable bonds is 6. The maximum absolute atomic E-state index is 12.9. The number of carbonyl (C=O) groups is 1. The first-order valence-electron chi connectivity index (χ1n) is 8.69. The minimum Gasteiger partial charge on any atom is -0.485 e. The standard InChI is InChI=1S/C20H23FN2O3/c1-3-23-13-17(26-19-7-5-4-6-18(19)23)12-22(2)20(24)14-25-16-10-8-15(21)9-11-16/h4-11,17H,3,12-14H2,1-2H3/t17-/m0/s1. The molecule has 6 heteroatoms. The second-order valence-electron chi connectivity index (χ2n) is 6.26. The number of para-hydroxylation sites is 2. The number of carbonyl (C=O) groups excluding carboxylic acids is 1. The summed E-state index contributed by atoms with van der Waals surface area (Å²) in [4.78, 5) is 16.2. The molecule has 2 aromatic carbocycles. The van der Waals surface area contributed by atoms with E-state index in [1.54, 1.807) is 11.9 Å². The van der Waals surface area contributed by atoms with Crippen LogP contribution in [-0.2, 0) is 4.79 Å². The average molecular weight is 358 g/mol. The van der Waals surface area contributed by atoms with Crippen LogP contribution in [0.2, 0.25) is 0 Å². The zero-order valence-corrected chi connectivity index (χ0v) is 15.0. The van der Waals surface area contributed by atoms with Gasteiger partial charge in [-0.15, -0.1) is 0 Å². The fraction of sp³-hybridized carbons (Fsp3) is 0.350. The number of fused-ring (bicyclic) bond motifs is 1. The van der Waals surface area contributed by atoms with Crippen molar-refractivity contribution in [1.29, 1.82) is 0 Å². The minimum atomic E-state index is -0.337. The predicted octanol–water partition coefficient (Wildman–Crippen LogP) is 2.95. The van der Waals surface area contributed by atoms with Crippen molar-refractivity contribution < 1.29 is 18.7 Å². The molecule has 1 amide bonds. The third kappa shape index (κ3) is 4.25. The molecule has 0 bridgehead atoms. The third-order valence-electron chi connectivity index (χ3n) is 4.38. The molecule has 1 heterocycles. The summed E-state index contributed by atoms with van der Waals surface area (Å²) in [6.45, 7) is 4.08. The zero-order valence-electron chi connectivity index (χ0n) is 15.0. The molecule has 138 valence electrons. The van der Waals surface area contributed by atoms with Crippen LogP contribution in [0, 0.1) is 5.82 Å². The highest BCUT2D eigenvalue weighted by molar-refractivity contribution is 5.77. The van der Waals surface area contributed by atoms with Crippen molar-refractivity contribution in [3.05, 3.63) is 54.3 Å². The Kier molecular flexibility index (Phi) is 5.61. The first-order chi connectivity index (χ1) is 12.6. The fourth-order valence-electron chi connectivity index (χ4n) is 2.97. The Balaban J connectivity index is 1.55. The number of halogens is 1. The van der Waals surface area contributed by atoms with Crippen LogP contribution in [-0.4, -0.2) is 50.2 Å². The molecule has 0 fully saturated rings. The number of nitrogens with zero attached hydrogens (tertiary/aromatic N) is 2. The molecule has 2 aromatic rings. The molecule has 1 atom stereocenters. The number of ether oxygens (including phenoxy) is 2. The molecule has 1 aliphatic rings. The van der Waals surface area contributed by atoms with Gasteiger partial charge >= 0.3 is 0 Å². The molecular weight excluding hydrogens is 335 g/mol. The molecule has 0 aromatic heterocycles. The summed E-state index contributed by atoms with van der Waals surface area (Å²) >= 11 is 0. The van der Waals surface area contributed by atoms with Gasteiger partial charge in [0.2, 0.25) is 0 Å². The highest BCUT2D eigenvalue weighted by Crippen LogP contribution is 2.32. The molecule has 1 aliphatic heterocycles. The number of hydrogen-bond acceptors (Lipinski definition) is 4. The number of hydrogen-bond donors (Lipinski definition) is 0. The Bertz CT molecular complexity index is 751. The van der Waals surface area contributed by atoms with Gasteiger partial charge in [0, 0.05) is 13.6 Å². The summed E-state index contributed by atoms with van der Waals surface area (Å²) in [6.07, 6.45) is -0.107. The van der Waals surface area contributed by atoms with Crippen LogP contribution < -0.4 is 14.4 Å². The molecule has 26 heavy (non-hydrogen) atoms. The molecule has 0 N–H and O–H groups in total. The maximum atomic E-state index is 12.9. The van der Waals surface area contributed by atoms with Gasteiger partial charge in [-0.2, -0.15) is 0 Å². The van der Waals surface area contributed by atoms with Gasteiger partial charge in [-0.25, -0.2) is 4.39 Å². The van der Waals surface area contributed by atoms with Crippen LogP contribution in [0.4, 0.5) is 10.1 Å². The second kappa shape index (κ2) is 8.08. The van der Waals surface area contributed by atoms with Crippen LogP contribution in [0.5, 0.6) is 11.5 Å². The normalized spacial score (nSPS) is 15.8. The van der Waals surface area contributed by atoms with Crippen LogP contribution >= 0.6 is 0 Å². The lowest BCUT2D eigenvalue weighted by Crippen LogP contribution is -2.47. The fourth-order valence-corrected chi connectivity index (χ4v) is 2.97. The van der Waals surface area contributed by atoms with Crippen LogP contribution in [0.15, 0.2) is 48.5 Å². The largest absolute Gasteiger partial charge is 0.485 e. The Hall–Kier alpha value is -2.76. The Labute approximate surface area is 152 Å². The SMILES string of the molecule is CCN1C[C@H](CN(C)C(=O)COc2ccc(F)cc2)Oc2ccccc21. The first kappa shape index (κ1) is 18.0. The van der Waals surface area contributed by atoms with Crippen molar-refractivity contribution >= 4 is 11.6 Å². The number of likely N-dealkylation sites (N-methyl/N-ethyl adjacent to an activating group) is 2. The average Bonchev–Trinajstić information content (AvgIpc) is 2.66. The van der Waals surface area contributed by atoms with E-state index in [0.29, 0.717) is 12.3 Å². The summed E-state index contributed by atoms with van der Waals surface area (Å²) in [5.74, 6) is 0.818. The third-order valence-corrected chi connectivity index (χ3v) is 4.38. The van der Waals surface area contributed by atoms with E-state index in [1.165, 1.54) is 24.3 Å². The van der Waals surface area contributed by atoms with Crippen molar-refractivity contribution in [3.63, 3.8) is 0 Å². The van der Waals surface area contributed by atoms with E-state index in [-0.39, 0.29) is 24.4 Å². The van der Waals surface area contributed by atoms with Crippen molar-refractivity contribution in [1.82, 2.24) is 4.90 Å². The highest BCUT2D eigenvalue weighted by Gasteiger charge is 2.26. The highest BCUT2D eigenvalue weighted by atomic mass is 19.1. The van der Waals surface area contributed by atoms with Gasteiger partial charge in [0.15, 0.2) is 6.61 Å². The smallest absolute Gasteiger partial charge is 0.260 e. The molecule has 0 aliphatic carbocycles. The molecule has 0 radical (unpaired) electrons. The summed E-state index contributed by atoms with van der Waals surface area (Å²) in [5.41, 5.74) is 1.08. The van der Waals surface area contributed by atoms with E-state index in [1.807, 2.05) is 24.3 Å². The van der Waals surface area contributed by atoms with Crippen molar-refractivity contribution in [2.75, 3.05) is 38.2 Å². The lowest BCUT2D eigenvalue weighted by atomic mass is 10.2. The molecule has 0 saturated heterocycles. The molecule has 3 rings (SSSR count). The van der Waals surface area contributed by atoms with Gasteiger partial charge in [-0.05, 0) is 43.3 Å². The minimum absolute atomic E-state index is 0.0943. The summed E-state index contributed by atoms with van der Waals surface area (Å²) < 4.78 is 24.4. The van der Waals surface area contributed by atoms with Gasteiger partial charge in [0.1, 0.15) is 23.4 Å². The lowest BCUT2D eigenvalue weighted by Gasteiger charge is -2.37. The topological polar surface area (TPSA) is 42.0 Å². The Morgan fingerprint density at radius 2 is 2.00 bits per heavy atom.